The minimum absolute atomic E-state index is 0.170. The zero-order valence-corrected chi connectivity index (χ0v) is 9.10. The maximum absolute atomic E-state index is 12.6. The van der Waals surface area contributed by atoms with E-state index in [1.165, 1.54) is 12.1 Å². The van der Waals surface area contributed by atoms with Crippen molar-refractivity contribution in [2.24, 2.45) is 0 Å². The van der Waals surface area contributed by atoms with Crippen LogP contribution in [0.4, 0.5) is 4.39 Å². The van der Waals surface area contributed by atoms with Crippen LogP contribution in [0.1, 0.15) is 24.7 Å². The van der Waals surface area contributed by atoms with Gasteiger partial charge in [0.1, 0.15) is 11.6 Å². The third-order valence-corrected chi connectivity index (χ3v) is 3.22. The summed E-state index contributed by atoms with van der Waals surface area (Å²) in [5, 5.41) is 0.236. The van der Waals surface area contributed by atoms with Crippen LogP contribution in [-0.2, 0) is 4.79 Å². The van der Waals surface area contributed by atoms with Gasteiger partial charge in [0.25, 0.3) is 0 Å². The summed E-state index contributed by atoms with van der Waals surface area (Å²) in [5.41, 5.74) is 1.05. The highest BCUT2D eigenvalue weighted by Crippen LogP contribution is 2.27. The maximum atomic E-state index is 12.6. The molecular weight excluding hydrogens is 199 g/mol. The molecule has 1 aromatic rings. The maximum Gasteiger partial charge on any atom is 0.139 e. The summed E-state index contributed by atoms with van der Waals surface area (Å²) >= 11 is 1.57. The van der Waals surface area contributed by atoms with E-state index < -0.39 is 0 Å². The van der Waals surface area contributed by atoms with Gasteiger partial charge in [-0.1, -0.05) is 12.1 Å². The standard InChI is InChI=1S/C11H13FOS/c1-8(13)7-14-9(2)10-3-5-11(12)6-4-10/h3-6,9H,7H2,1-2H3. The zero-order valence-electron chi connectivity index (χ0n) is 8.29. The zero-order chi connectivity index (χ0) is 10.6. The van der Waals surface area contributed by atoms with E-state index in [1.807, 2.05) is 6.92 Å². The normalized spacial score (nSPS) is 12.5. The fourth-order valence-electron chi connectivity index (χ4n) is 1.07. The van der Waals surface area contributed by atoms with Crippen LogP contribution in [0.3, 0.4) is 0 Å². The molecule has 0 N–H and O–H groups in total. The molecule has 0 aliphatic rings. The summed E-state index contributed by atoms with van der Waals surface area (Å²) in [6.07, 6.45) is 0. The van der Waals surface area contributed by atoms with E-state index in [0.717, 1.165) is 5.56 Å². The highest BCUT2D eigenvalue weighted by Gasteiger charge is 2.06. The minimum Gasteiger partial charge on any atom is -0.299 e. The fraction of sp³-hybridized carbons (Fsp3) is 0.364. The van der Waals surface area contributed by atoms with Crippen molar-refractivity contribution in [1.82, 2.24) is 0 Å². The molecule has 0 heterocycles. The second-order valence-electron chi connectivity index (χ2n) is 3.21. The molecule has 3 heteroatoms. The lowest BCUT2D eigenvalue weighted by Crippen LogP contribution is -1.97. The lowest BCUT2D eigenvalue weighted by atomic mass is 10.2. The predicted molar refractivity (Wildman–Crippen MR) is 58.0 cm³/mol. The molecule has 0 spiro atoms. The van der Waals surface area contributed by atoms with Crippen LogP contribution >= 0.6 is 11.8 Å². The Kier molecular flexibility index (Phi) is 4.14. The third kappa shape index (κ3) is 3.50. The number of rotatable bonds is 4. The average molecular weight is 212 g/mol. The second-order valence-corrected chi connectivity index (χ2v) is 4.54. The molecule has 0 bridgehead atoms. The molecule has 1 rings (SSSR count). The third-order valence-electron chi connectivity index (χ3n) is 1.88. The van der Waals surface area contributed by atoms with Gasteiger partial charge in [0.05, 0.1) is 5.75 Å². The van der Waals surface area contributed by atoms with Gasteiger partial charge in [-0.25, -0.2) is 4.39 Å². The van der Waals surface area contributed by atoms with Gasteiger partial charge in [-0.2, -0.15) is 0 Å². The van der Waals surface area contributed by atoms with Crippen molar-refractivity contribution in [3.05, 3.63) is 35.6 Å². The number of thioether (sulfide) groups is 1. The van der Waals surface area contributed by atoms with Crippen LogP contribution in [0.2, 0.25) is 0 Å². The van der Waals surface area contributed by atoms with Crippen LogP contribution in [0.5, 0.6) is 0 Å². The minimum atomic E-state index is -0.225. The number of carbonyl (C=O) groups is 1. The molecule has 0 radical (unpaired) electrons. The van der Waals surface area contributed by atoms with E-state index >= 15 is 0 Å². The summed E-state index contributed by atoms with van der Waals surface area (Å²) in [7, 11) is 0. The number of Topliss-reactive ketones (excluding diaryl/α,β-unsaturated/α-hetero) is 1. The Morgan fingerprint density at radius 3 is 2.50 bits per heavy atom. The lowest BCUT2D eigenvalue weighted by molar-refractivity contribution is -0.114. The van der Waals surface area contributed by atoms with Gasteiger partial charge in [0.15, 0.2) is 0 Å². The molecular formula is C11H13FOS. The van der Waals surface area contributed by atoms with Gasteiger partial charge >= 0.3 is 0 Å². The first-order valence-corrected chi connectivity index (χ1v) is 5.51. The van der Waals surface area contributed by atoms with Gasteiger partial charge in [-0.05, 0) is 31.5 Å². The summed E-state index contributed by atoms with van der Waals surface area (Å²) in [6, 6.07) is 6.40. The van der Waals surface area contributed by atoms with Crippen LogP contribution in [-0.4, -0.2) is 11.5 Å². The topological polar surface area (TPSA) is 17.1 Å². The van der Waals surface area contributed by atoms with E-state index in [0.29, 0.717) is 5.75 Å². The summed E-state index contributed by atoms with van der Waals surface area (Å²) < 4.78 is 12.6. The first-order chi connectivity index (χ1) is 6.59. The molecule has 0 aliphatic heterocycles. The smallest absolute Gasteiger partial charge is 0.139 e. The van der Waals surface area contributed by atoms with Gasteiger partial charge in [-0.15, -0.1) is 11.8 Å². The molecule has 0 fully saturated rings. The van der Waals surface area contributed by atoms with Crippen LogP contribution in [0, 0.1) is 5.82 Å². The van der Waals surface area contributed by atoms with Crippen molar-refractivity contribution >= 4 is 17.5 Å². The Hall–Kier alpha value is -0.830. The van der Waals surface area contributed by atoms with E-state index in [-0.39, 0.29) is 16.9 Å². The largest absolute Gasteiger partial charge is 0.299 e. The van der Waals surface area contributed by atoms with Crippen LogP contribution < -0.4 is 0 Å². The number of ketones is 1. The number of hydrogen-bond donors (Lipinski definition) is 0. The number of carbonyl (C=O) groups excluding carboxylic acids is 1. The fourth-order valence-corrected chi connectivity index (χ4v) is 1.91. The van der Waals surface area contributed by atoms with Gasteiger partial charge in [0, 0.05) is 5.25 Å². The number of hydrogen-bond acceptors (Lipinski definition) is 2. The number of halogens is 1. The average Bonchev–Trinajstić information content (AvgIpc) is 2.15. The quantitative estimate of drug-likeness (QED) is 0.762. The van der Waals surface area contributed by atoms with E-state index in [4.69, 9.17) is 0 Å². The molecule has 0 aliphatic carbocycles. The first-order valence-electron chi connectivity index (χ1n) is 4.46. The molecule has 1 unspecified atom stereocenters. The Morgan fingerprint density at radius 2 is 2.00 bits per heavy atom. The first kappa shape index (κ1) is 11.2. The van der Waals surface area contributed by atoms with Crippen molar-refractivity contribution in [2.75, 3.05) is 5.75 Å². The van der Waals surface area contributed by atoms with Crippen molar-refractivity contribution < 1.29 is 9.18 Å². The molecule has 76 valence electrons. The molecule has 0 amide bonds. The molecule has 0 saturated carbocycles. The van der Waals surface area contributed by atoms with Gasteiger partial charge in [-0.3, -0.25) is 4.79 Å². The van der Waals surface area contributed by atoms with Crippen molar-refractivity contribution in [3.63, 3.8) is 0 Å². The van der Waals surface area contributed by atoms with Crippen molar-refractivity contribution in [2.45, 2.75) is 19.1 Å². The Bertz CT molecular complexity index is 308. The van der Waals surface area contributed by atoms with Crippen LogP contribution in [0.15, 0.2) is 24.3 Å². The Balaban J connectivity index is 2.56. The number of benzene rings is 1. The lowest BCUT2D eigenvalue weighted by Gasteiger charge is -2.09. The molecule has 1 atom stereocenters. The summed E-state index contributed by atoms with van der Waals surface area (Å²) in [5.74, 6) is 0.458. The van der Waals surface area contributed by atoms with Gasteiger partial charge < -0.3 is 0 Å². The van der Waals surface area contributed by atoms with Gasteiger partial charge in [0.2, 0.25) is 0 Å². The van der Waals surface area contributed by atoms with E-state index in [9.17, 15) is 9.18 Å². The molecule has 1 nitrogen and oxygen atoms in total. The molecule has 14 heavy (non-hydrogen) atoms. The predicted octanol–water partition coefficient (Wildman–Crippen LogP) is 3.21. The highest BCUT2D eigenvalue weighted by molar-refractivity contribution is 8.00. The van der Waals surface area contributed by atoms with E-state index in [1.54, 1.807) is 30.8 Å². The highest BCUT2D eigenvalue weighted by atomic mass is 32.2. The van der Waals surface area contributed by atoms with Crippen LogP contribution in [0.25, 0.3) is 0 Å². The molecule has 0 saturated heterocycles. The monoisotopic (exact) mass is 212 g/mol. The molecule has 1 aromatic carbocycles. The summed E-state index contributed by atoms with van der Waals surface area (Å²) in [6.45, 7) is 3.59. The Morgan fingerprint density at radius 1 is 1.43 bits per heavy atom. The van der Waals surface area contributed by atoms with Crippen molar-refractivity contribution in [1.29, 1.82) is 0 Å². The molecule has 0 aromatic heterocycles. The Labute approximate surface area is 87.7 Å². The van der Waals surface area contributed by atoms with Crippen molar-refractivity contribution in [3.8, 4) is 0 Å². The summed E-state index contributed by atoms with van der Waals surface area (Å²) in [4.78, 5) is 10.8. The second kappa shape index (κ2) is 5.15. The van der Waals surface area contributed by atoms with E-state index in [2.05, 4.69) is 0 Å². The SMILES string of the molecule is CC(=O)CSC(C)c1ccc(F)cc1.